The molecule has 2 amide bonds. The summed E-state index contributed by atoms with van der Waals surface area (Å²) in [7, 11) is -7.82. The Kier molecular flexibility index (Phi) is 8.19. The van der Waals surface area contributed by atoms with Crippen molar-refractivity contribution in [3.05, 3.63) is 108 Å². The van der Waals surface area contributed by atoms with E-state index in [0.29, 0.717) is 22.9 Å². The number of hydrogen-bond acceptors (Lipinski definition) is 10. The zero-order valence-electron chi connectivity index (χ0n) is 23.1. The van der Waals surface area contributed by atoms with Crippen LogP contribution in [0.25, 0.3) is 0 Å². The standard InChI is InChI=1S/C28H24N6O8S2/c1-17-15-25(31-41-17)33-43(37,38)23-11-7-21(8-12-23)29-27(35)19-3-5-20(6-4-19)28(36)30-22-9-13-24(14-10-22)44(39,40)34-26-16-18(2)42-32-26/h3-16H,1-2H3,(H,29,35)(H,30,36)(H,31,33)(H,32,34). The van der Waals surface area contributed by atoms with Gasteiger partial charge < -0.3 is 19.7 Å². The van der Waals surface area contributed by atoms with E-state index in [1.165, 1.54) is 84.9 Å². The molecule has 0 radical (unpaired) electrons. The Bertz CT molecular complexity index is 1890. The second-order valence-electron chi connectivity index (χ2n) is 9.39. The first-order valence-corrected chi connectivity index (χ1v) is 15.7. The molecule has 0 spiro atoms. The molecule has 0 atom stereocenters. The van der Waals surface area contributed by atoms with Crippen molar-refractivity contribution in [2.24, 2.45) is 0 Å². The van der Waals surface area contributed by atoms with Crippen molar-refractivity contribution < 1.29 is 35.5 Å². The van der Waals surface area contributed by atoms with Crippen LogP contribution in [0.15, 0.2) is 104 Å². The predicted molar refractivity (Wildman–Crippen MR) is 159 cm³/mol. The minimum absolute atomic E-state index is 0.0407. The molecule has 0 aliphatic carbocycles. The summed E-state index contributed by atoms with van der Waals surface area (Å²) in [6.07, 6.45) is 0. The number of aryl methyl sites for hydroxylation is 2. The molecule has 0 bridgehead atoms. The van der Waals surface area contributed by atoms with Gasteiger partial charge >= 0.3 is 0 Å². The Balaban J connectivity index is 1.16. The van der Waals surface area contributed by atoms with Crippen molar-refractivity contribution in [1.82, 2.24) is 10.3 Å². The lowest BCUT2D eigenvalue weighted by Gasteiger charge is -2.09. The van der Waals surface area contributed by atoms with Gasteiger partial charge in [0.15, 0.2) is 11.6 Å². The highest BCUT2D eigenvalue weighted by Crippen LogP contribution is 2.21. The zero-order chi connectivity index (χ0) is 31.5. The molecule has 0 saturated heterocycles. The molecule has 3 aromatic carbocycles. The maximum Gasteiger partial charge on any atom is 0.263 e. The van der Waals surface area contributed by atoms with E-state index >= 15 is 0 Å². The third-order valence-corrected chi connectivity index (χ3v) is 8.73. The van der Waals surface area contributed by atoms with Crippen LogP contribution in [0.1, 0.15) is 32.2 Å². The highest BCUT2D eigenvalue weighted by Gasteiger charge is 2.18. The molecule has 0 aliphatic rings. The van der Waals surface area contributed by atoms with Crippen LogP contribution >= 0.6 is 0 Å². The van der Waals surface area contributed by atoms with Crippen LogP contribution in [0.5, 0.6) is 0 Å². The van der Waals surface area contributed by atoms with Crippen molar-refractivity contribution in [2.75, 3.05) is 20.1 Å². The number of aromatic nitrogens is 2. The van der Waals surface area contributed by atoms with E-state index in [2.05, 4.69) is 30.4 Å². The SMILES string of the molecule is Cc1cc(NS(=O)(=O)c2ccc(NC(=O)c3ccc(C(=O)Nc4ccc(S(=O)(=O)Nc5cc(C)on5)cc4)cc3)cc2)no1. The Morgan fingerprint density at radius 1 is 0.568 bits per heavy atom. The minimum Gasteiger partial charge on any atom is -0.360 e. The first-order valence-electron chi connectivity index (χ1n) is 12.7. The summed E-state index contributed by atoms with van der Waals surface area (Å²) >= 11 is 0. The van der Waals surface area contributed by atoms with Crippen LogP contribution < -0.4 is 20.1 Å². The second-order valence-corrected chi connectivity index (χ2v) is 12.8. The topological polar surface area (TPSA) is 203 Å². The van der Waals surface area contributed by atoms with Gasteiger partial charge in [-0.3, -0.25) is 19.0 Å². The maximum atomic E-state index is 12.7. The van der Waals surface area contributed by atoms with E-state index in [-0.39, 0.29) is 32.6 Å². The molecule has 226 valence electrons. The van der Waals surface area contributed by atoms with Crippen LogP contribution in [0.2, 0.25) is 0 Å². The summed E-state index contributed by atoms with van der Waals surface area (Å²) in [6, 6.07) is 19.8. The average molecular weight is 637 g/mol. The van der Waals surface area contributed by atoms with E-state index in [9.17, 15) is 26.4 Å². The number of rotatable bonds is 10. The molecule has 0 fully saturated rings. The summed E-state index contributed by atoms with van der Waals surface area (Å²) in [5, 5.41) is 12.5. The zero-order valence-corrected chi connectivity index (χ0v) is 24.7. The Hall–Kier alpha value is -5.48. The number of nitrogens with zero attached hydrogens (tertiary/aromatic N) is 2. The number of hydrogen-bond donors (Lipinski definition) is 4. The lowest BCUT2D eigenvalue weighted by atomic mass is 10.1. The molecule has 2 aromatic heterocycles. The molecular formula is C28H24N6O8S2. The summed E-state index contributed by atoms with van der Waals surface area (Å²) < 4.78 is 64.5. The molecule has 0 saturated carbocycles. The van der Waals surface area contributed by atoms with Crippen LogP contribution in [-0.4, -0.2) is 39.0 Å². The Labute approximate surface area is 251 Å². The van der Waals surface area contributed by atoms with Crippen LogP contribution in [-0.2, 0) is 20.0 Å². The van der Waals surface area contributed by atoms with Gasteiger partial charge in [-0.1, -0.05) is 10.3 Å². The summed E-state index contributed by atoms with van der Waals surface area (Å²) in [4.78, 5) is 25.4. The normalized spacial score (nSPS) is 11.5. The van der Waals surface area contributed by atoms with Gasteiger partial charge in [-0.15, -0.1) is 0 Å². The first kappa shape index (κ1) is 30.0. The minimum atomic E-state index is -3.91. The quantitative estimate of drug-likeness (QED) is 0.170. The van der Waals surface area contributed by atoms with E-state index in [4.69, 9.17) is 9.05 Å². The van der Waals surface area contributed by atoms with Crippen molar-refractivity contribution >= 4 is 54.9 Å². The van der Waals surface area contributed by atoms with Crippen molar-refractivity contribution in [1.29, 1.82) is 0 Å². The van der Waals surface area contributed by atoms with E-state index < -0.39 is 31.9 Å². The lowest BCUT2D eigenvalue weighted by molar-refractivity contribution is 0.101. The smallest absolute Gasteiger partial charge is 0.263 e. The summed E-state index contributed by atoms with van der Waals surface area (Å²) in [5.41, 5.74) is 1.21. The summed E-state index contributed by atoms with van der Waals surface area (Å²) in [6.45, 7) is 3.26. The van der Waals surface area contributed by atoms with Crippen LogP contribution in [0.3, 0.4) is 0 Å². The van der Waals surface area contributed by atoms with E-state index in [0.717, 1.165) is 0 Å². The van der Waals surface area contributed by atoms with Crippen LogP contribution in [0, 0.1) is 13.8 Å². The van der Waals surface area contributed by atoms with Crippen LogP contribution in [0.4, 0.5) is 23.0 Å². The van der Waals surface area contributed by atoms with Gasteiger partial charge in [0, 0.05) is 34.6 Å². The largest absolute Gasteiger partial charge is 0.360 e. The van der Waals surface area contributed by atoms with E-state index in [1.54, 1.807) is 13.8 Å². The fraction of sp³-hybridized carbons (Fsp3) is 0.0714. The van der Waals surface area contributed by atoms with E-state index in [1.807, 2.05) is 0 Å². The van der Waals surface area contributed by atoms with Gasteiger partial charge in [0.05, 0.1) is 9.79 Å². The van der Waals surface area contributed by atoms with Crippen molar-refractivity contribution in [3.63, 3.8) is 0 Å². The molecule has 16 heteroatoms. The van der Waals surface area contributed by atoms with Gasteiger partial charge in [0.2, 0.25) is 0 Å². The average Bonchev–Trinajstić information content (AvgIpc) is 3.59. The van der Waals surface area contributed by atoms with Crippen molar-refractivity contribution in [3.8, 4) is 0 Å². The number of benzene rings is 3. The molecule has 44 heavy (non-hydrogen) atoms. The molecule has 2 heterocycles. The molecule has 0 aliphatic heterocycles. The van der Waals surface area contributed by atoms with Gasteiger partial charge in [-0.05, 0) is 86.6 Å². The fourth-order valence-corrected chi connectivity index (χ4v) is 5.80. The number of carbonyl (C=O) groups excluding carboxylic acids is 2. The number of amides is 2. The molecule has 0 unspecified atom stereocenters. The van der Waals surface area contributed by atoms with Gasteiger partial charge in [0.25, 0.3) is 31.9 Å². The lowest BCUT2D eigenvalue weighted by Crippen LogP contribution is -2.15. The summed E-state index contributed by atoms with van der Waals surface area (Å²) in [5.74, 6) is 0.0398. The second kappa shape index (κ2) is 12.0. The molecular weight excluding hydrogens is 612 g/mol. The highest BCUT2D eigenvalue weighted by molar-refractivity contribution is 7.93. The van der Waals surface area contributed by atoms with Gasteiger partial charge in [-0.2, -0.15) is 0 Å². The van der Waals surface area contributed by atoms with Crippen molar-refractivity contribution in [2.45, 2.75) is 23.6 Å². The number of anilines is 4. The predicted octanol–water partition coefficient (Wildman–Crippen LogP) is 4.39. The molecule has 14 nitrogen and oxygen atoms in total. The Morgan fingerprint density at radius 2 is 0.909 bits per heavy atom. The highest BCUT2D eigenvalue weighted by atomic mass is 32.2. The maximum absolute atomic E-state index is 12.7. The molecule has 4 N–H and O–H groups in total. The third-order valence-electron chi connectivity index (χ3n) is 5.99. The number of carbonyl (C=O) groups is 2. The molecule has 5 rings (SSSR count). The third kappa shape index (κ3) is 7.11. The first-order chi connectivity index (χ1) is 20.9. The number of nitrogens with one attached hydrogen (secondary N) is 4. The monoisotopic (exact) mass is 636 g/mol. The van der Waals surface area contributed by atoms with Gasteiger partial charge in [0.1, 0.15) is 11.5 Å². The van der Waals surface area contributed by atoms with Gasteiger partial charge in [-0.25, -0.2) is 16.8 Å². The Morgan fingerprint density at radius 3 is 1.20 bits per heavy atom. The number of sulfonamides is 2. The molecule has 5 aromatic rings. The fourth-order valence-electron chi connectivity index (χ4n) is 3.84.